The summed E-state index contributed by atoms with van der Waals surface area (Å²) in [6.07, 6.45) is 0. The quantitative estimate of drug-likeness (QED) is 0.297. The molecule has 0 saturated heterocycles. The molecule has 0 aliphatic rings. The molecule has 0 aliphatic carbocycles. The predicted molar refractivity (Wildman–Crippen MR) is 48.2 cm³/mol. The van der Waals surface area contributed by atoms with Gasteiger partial charge in [0, 0.05) is 5.75 Å². The van der Waals surface area contributed by atoms with Crippen LogP contribution in [0, 0.1) is 0 Å². The van der Waals surface area contributed by atoms with E-state index >= 15 is 0 Å². The standard InChI is InChI=1S/C4H10S2.BF4/c1-2-6-4-3-5;2-1(3,4)5/h5H,2-4H2,1H3;/q;-1/p+1. The van der Waals surface area contributed by atoms with Crippen molar-refractivity contribution in [1.82, 2.24) is 0 Å². The topological polar surface area (TPSA) is 0 Å². The van der Waals surface area contributed by atoms with Gasteiger partial charge in [-0.2, -0.15) is 11.8 Å². The number of hydrogen-bond donors (Lipinski definition) is 0. The SMILES string of the molecule is CCSCC[SH2+].F[B-](F)(F)F. The Hall–Kier alpha value is 0.485. The van der Waals surface area contributed by atoms with Crippen LogP contribution in [0.5, 0.6) is 0 Å². The second-order valence-corrected chi connectivity index (χ2v) is 3.34. The van der Waals surface area contributed by atoms with Gasteiger partial charge in [-0.15, -0.1) is 0 Å². The van der Waals surface area contributed by atoms with E-state index in [9.17, 15) is 17.3 Å². The molecule has 0 aromatic rings. The van der Waals surface area contributed by atoms with E-state index in [4.69, 9.17) is 0 Å². The van der Waals surface area contributed by atoms with Crippen LogP contribution in [0.25, 0.3) is 0 Å². The summed E-state index contributed by atoms with van der Waals surface area (Å²) in [6, 6.07) is 0. The Kier molecular flexibility index (Phi) is 10.9. The molecule has 0 bridgehead atoms. The minimum absolute atomic E-state index is 1.12. The fourth-order valence-electron chi connectivity index (χ4n) is 0.217. The Labute approximate surface area is 73.6 Å². The van der Waals surface area contributed by atoms with E-state index in [2.05, 4.69) is 19.6 Å². The summed E-state index contributed by atoms with van der Waals surface area (Å²) >= 11 is 5.33. The molecule has 0 heterocycles. The fourth-order valence-corrected chi connectivity index (χ4v) is 1.08. The van der Waals surface area contributed by atoms with Crippen LogP contribution < -0.4 is 0 Å². The van der Waals surface area contributed by atoms with Crippen molar-refractivity contribution in [2.75, 3.05) is 17.3 Å². The summed E-state index contributed by atoms with van der Waals surface area (Å²) in [4.78, 5) is 0. The number of thioether (sulfide) groups is 1. The van der Waals surface area contributed by atoms with Gasteiger partial charge in [-0.05, 0) is 18.4 Å². The minimum atomic E-state index is -6.00. The summed E-state index contributed by atoms with van der Waals surface area (Å²) in [5.41, 5.74) is 0. The minimum Gasteiger partial charge on any atom is -0.418 e. The van der Waals surface area contributed by atoms with E-state index in [1.165, 1.54) is 11.5 Å². The van der Waals surface area contributed by atoms with Crippen molar-refractivity contribution in [3.63, 3.8) is 0 Å². The molecule has 0 aliphatic heterocycles. The first-order valence-electron chi connectivity index (χ1n) is 3.01. The van der Waals surface area contributed by atoms with Gasteiger partial charge in [-0.3, -0.25) is 0 Å². The Bertz CT molecular complexity index is 67.0. The summed E-state index contributed by atoms with van der Waals surface area (Å²) in [5, 5.41) is 0. The van der Waals surface area contributed by atoms with Crippen LogP contribution in [0.2, 0.25) is 0 Å². The highest BCUT2D eigenvalue weighted by atomic mass is 32.2. The van der Waals surface area contributed by atoms with E-state index in [0.29, 0.717) is 0 Å². The van der Waals surface area contributed by atoms with Crippen molar-refractivity contribution in [2.24, 2.45) is 0 Å². The van der Waals surface area contributed by atoms with E-state index in [1.54, 1.807) is 0 Å². The van der Waals surface area contributed by atoms with E-state index < -0.39 is 7.25 Å². The Morgan fingerprint density at radius 2 is 1.64 bits per heavy atom. The lowest BCUT2D eigenvalue weighted by molar-refractivity contribution is 0.368. The molecule has 0 fully saturated rings. The van der Waals surface area contributed by atoms with Gasteiger partial charge in [0.05, 0.1) is 0 Å². The fraction of sp³-hybridized carbons (Fsp3) is 1.00. The zero-order chi connectivity index (χ0) is 9.33. The second kappa shape index (κ2) is 8.58. The smallest absolute Gasteiger partial charge is 0.418 e. The first kappa shape index (κ1) is 14.0. The predicted octanol–water partition coefficient (Wildman–Crippen LogP) is 2.05. The Morgan fingerprint density at radius 1 is 1.27 bits per heavy atom. The lowest BCUT2D eigenvalue weighted by Crippen LogP contribution is -2.02. The maximum Gasteiger partial charge on any atom is 0.673 e. The average Bonchev–Trinajstić information content (AvgIpc) is 1.79. The highest BCUT2D eigenvalue weighted by Gasteiger charge is 2.20. The van der Waals surface area contributed by atoms with Gasteiger partial charge >= 0.3 is 7.25 Å². The molecule has 0 N–H and O–H groups in total. The van der Waals surface area contributed by atoms with Gasteiger partial charge in [-0.25, -0.2) is 0 Å². The summed E-state index contributed by atoms with van der Waals surface area (Å²) in [5.74, 6) is 3.61. The molecule has 7 heteroatoms. The summed E-state index contributed by atoms with van der Waals surface area (Å²) in [7, 11) is -6.00. The van der Waals surface area contributed by atoms with Crippen molar-refractivity contribution in [3.8, 4) is 0 Å². The largest absolute Gasteiger partial charge is 0.673 e. The van der Waals surface area contributed by atoms with Crippen LogP contribution in [-0.2, 0) is 12.6 Å². The highest BCUT2D eigenvalue weighted by molar-refractivity contribution is 7.99. The average molecular weight is 210 g/mol. The maximum absolute atomic E-state index is 9.75. The first-order valence-corrected chi connectivity index (χ1v) is 4.87. The lowest BCUT2D eigenvalue weighted by Gasteiger charge is -1.94. The van der Waals surface area contributed by atoms with Gasteiger partial charge in [0.25, 0.3) is 0 Å². The molecule has 0 saturated carbocycles. The first-order chi connectivity index (χ1) is 4.91. The van der Waals surface area contributed by atoms with Crippen molar-refractivity contribution < 1.29 is 17.3 Å². The van der Waals surface area contributed by atoms with Gasteiger partial charge in [0.1, 0.15) is 5.75 Å². The molecule has 0 radical (unpaired) electrons. The van der Waals surface area contributed by atoms with Crippen LogP contribution >= 0.6 is 11.8 Å². The Morgan fingerprint density at radius 3 is 1.73 bits per heavy atom. The molecule has 0 atom stereocenters. The van der Waals surface area contributed by atoms with Crippen molar-refractivity contribution in [2.45, 2.75) is 6.92 Å². The Balaban J connectivity index is 0. The van der Waals surface area contributed by atoms with E-state index in [0.717, 1.165) is 5.75 Å². The van der Waals surface area contributed by atoms with Crippen molar-refractivity contribution in [1.29, 1.82) is 0 Å². The molecule has 70 valence electrons. The van der Waals surface area contributed by atoms with Crippen LogP contribution in [0.4, 0.5) is 17.3 Å². The molecule has 11 heavy (non-hydrogen) atoms. The zero-order valence-electron chi connectivity index (χ0n) is 6.12. The molecule has 0 unspecified atom stereocenters. The molecule has 0 spiro atoms. The monoisotopic (exact) mass is 210 g/mol. The van der Waals surface area contributed by atoms with Crippen LogP contribution in [0.3, 0.4) is 0 Å². The van der Waals surface area contributed by atoms with Crippen LogP contribution in [0.15, 0.2) is 0 Å². The van der Waals surface area contributed by atoms with Gasteiger partial charge < -0.3 is 17.3 Å². The van der Waals surface area contributed by atoms with Crippen LogP contribution in [0.1, 0.15) is 6.92 Å². The zero-order valence-corrected chi connectivity index (χ0v) is 7.94. The molecular formula is C4H11BF4S2. The molecule has 0 aromatic heterocycles. The number of halogens is 4. The second-order valence-electron chi connectivity index (χ2n) is 1.44. The molecule has 0 amide bonds. The molecule has 0 rings (SSSR count). The van der Waals surface area contributed by atoms with Gasteiger partial charge in [0.2, 0.25) is 0 Å². The third kappa shape index (κ3) is 62.2. The summed E-state index contributed by atoms with van der Waals surface area (Å²) < 4.78 is 39.0. The van der Waals surface area contributed by atoms with E-state index in [1.807, 2.05) is 11.8 Å². The third-order valence-electron chi connectivity index (χ3n) is 0.451. The van der Waals surface area contributed by atoms with Gasteiger partial charge in [-0.1, -0.05) is 6.92 Å². The summed E-state index contributed by atoms with van der Waals surface area (Å²) in [6.45, 7) is 2.17. The van der Waals surface area contributed by atoms with Gasteiger partial charge in [0.15, 0.2) is 0 Å². The maximum atomic E-state index is 9.75. The lowest BCUT2D eigenvalue weighted by atomic mass is 10.3. The highest BCUT2D eigenvalue weighted by Crippen LogP contribution is 2.06. The normalized spacial score (nSPS) is 10.4. The number of rotatable bonds is 3. The molecular weight excluding hydrogens is 199 g/mol. The third-order valence-corrected chi connectivity index (χ3v) is 1.96. The number of hydrogen-bond acceptors (Lipinski definition) is 1. The van der Waals surface area contributed by atoms with Crippen LogP contribution in [-0.4, -0.2) is 24.5 Å². The van der Waals surface area contributed by atoms with Crippen molar-refractivity contribution in [3.05, 3.63) is 0 Å². The van der Waals surface area contributed by atoms with E-state index in [-0.39, 0.29) is 0 Å². The molecule has 0 aromatic carbocycles. The molecule has 0 nitrogen and oxygen atoms in total. The van der Waals surface area contributed by atoms with Crippen molar-refractivity contribution >= 4 is 31.6 Å².